The van der Waals surface area contributed by atoms with Crippen LogP contribution < -0.4 is 11.1 Å². The predicted octanol–water partition coefficient (Wildman–Crippen LogP) is 3.50. The topological polar surface area (TPSA) is 82.4 Å². The molecule has 0 amide bonds. The van der Waals surface area contributed by atoms with E-state index < -0.39 is 20.4 Å². The quantitative estimate of drug-likeness (QED) is 0.634. The Balaban J connectivity index is 2.54. The molecule has 0 spiro atoms. The molecule has 142 valence electrons. The second-order valence-corrected chi connectivity index (χ2v) is 12.6. The lowest BCUT2D eigenvalue weighted by Gasteiger charge is -2.38. The van der Waals surface area contributed by atoms with Crippen LogP contribution in [0, 0.1) is 0 Å². The normalized spacial score (nSPS) is 13.5. The fourth-order valence-electron chi connectivity index (χ4n) is 2.29. The summed E-state index contributed by atoms with van der Waals surface area (Å²) in [6, 6.07) is 7.04. The Morgan fingerprint density at radius 2 is 1.88 bits per heavy atom. The van der Waals surface area contributed by atoms with Crippen LogP contribution in [0.3, 0.4) is 0 Å². The molecule has 1 N–H and O–H groups in total. The molecule has 0 aliphatic carbocycles. The van der Waals surface area contributed by atoms with Gasteiger partial charge in [-0.2, -0.15) is 4.68 Å². The Bertz CT molecular complexity index is 871. The van der Waals surface area contributed by atoms with Crippen molar-refractivity contribution in [3.8, 4) is 0 Å². The van der Waals surface area contributed by atoms with Crippen LogP contribution in [0.4, 0.5) is 0 Å². The van der Waals surface area contributed by atoms with Gasteiger partial charge in [0.05, 0.1) is 10.9 Å². The highest BCUT2D eigenvalue weighted by atomic mass is 28.4. The van der Waals surface area contributed by atoms with Gasteiger partial charge in [-0.25, -0.2) is 9.78 Å². The maximum Gasteiger partial charge on any atom is 0.331 e. The number of rotatable bonds is 5. The number of carbonyl (C=O) groups is 1. The van der Waals surface area contributed by atoms with Gasteiger partial charge in [0.1, 0.15) is 6.10 Å². The lowest BCUT2D eigenvalue weighted by Crippen LogP contribution is -2.43. The Morgan fingerprint density at radius 1 is 1.27 bits per heavy atom. The molecule has 1 aromatic carbocycles. The van der Waals surface area contributed by atoms with Crippen molar-refractivity contribution in [2.75, 3.05) is 5.59 Å². The Labute approximate surface area is 154 Å². The monoisotopic (exact) mass is 377 g/mol. The maximum absolute atomic E-state index is 12.9. The van der Waals surface area contributed by atoms with E-state index in [1.54, 1.807) is 18.2 Å². The first-order chi connectivity index (χ1) is 11.9. The molecule has 0 bridgehead atoms. The molecule has 0 aliphatic rings. The van der Waals surface area contributed by atoms with Crippen LogP contribution in [0.15, 0.2) is 29.1 Å². The molecule has 0 saturated carbocycles. The third kappa shape index (κ3) is 4.13. The van der Waals surface area contributed by atoms with Crippen molar-refractivity contribution in [1.29, 1.82) is 0 Å². The summed E-state index contributed by atoms with van der Waals surface area (Å²) in [7, 11) is -2.09. The van der Waals surface area contributed by atoms with Crippen molar-refractivity contribution in [2.45, 2.75) is 58.9 Å². The van der Waals surface area contributed by atoms with Gasteiger partial charge in [0, 0.05) is 6.92 Å². The lowest BCUT2D eigenvalue weighted by atomic mass is 10.2. The van der Waals surface area contributed by atoms with E-state index in [1.165, 1.54) is 6.92 Å². The average Bonchev–Trinajstić information content (AvgIpc) is 2.52. The van der Waals surface area contributed by atoms with Gasteiger partial charge in [-0.05, 0) is 37.2 Å². The summed E-state index contributed by atoms with van der Waals surface area (Å²) in [4.78, 5) is 33.5. The molecular formula is C18H27N3O4Si. The van der Waals surface area contributed by atoms with Crippen molar-refractivity contribution in [3.05, 3.63) is 40.4 Å². The van der Waals surface area contributed by atoms with Gasteiger partial charge in [0.25, 0.3) is 5.56 Å². The zero-order valence-electron chi connectivity index (χ0n) is 16.4. The first kappa shape index (κ1) is 20.1. The Kier molecular flexibility index (Phi) is 5.57. The molecule has 0 radical (unpaired) electrons. The zero-order chi connectivity index (χ0) is 19.7. The molecule has 26 heavy (non-hydrogen) atoms. The first-order valence-electron chi connectivity index (χ1n) is 8.57. The molecular weight excluding hydrogens is 350 g/mol. The SMILES string of the molecule is CC(=O)ONn1c([C@H](C)O[Si](C)(C)C(C)(C)C)nc2ccccc2c1=O. The summed E-state index contributed by atoms with van der Waals surface area (Å²) in [6.07, 6.45) is -0.462. The van der Waals surface area contributed by atoms with Crippen LogP contribution in [0.1, 0.15) is 46.5 Å². The molecule has 7 nitrogen and oxygen atoms in total. The summed E-state index contributed by atoms with van der Waals surface area (Å²) in [6.45, 7) is 13.8. The number of para-hydroxylation sites is 1. The van der Waals surface area contributed by atoms with Crippen LogP contribution in [-0.4, -0.2) is 23.9 Å². The first-order valence-corrected chi connectivity index (χ1v) is 11.5. The molecule has 0 unspecified atom stereocenters. The molecule has 1 heterocycles. The number of benzene rings is 1. The van der Waals surface area contributed by atoms with E-state index in [1.807, 2.05) is 13.0 Å². The highest BCUT2D eigenvalue weighted by Crippen LogP contribution is 2.39. The van der Waals surface area contributed by atoms with Crippen LogP contribution in [0.5, 0.6) is 0 Å². The van der Waals surface area contributed by atoms with E-state index in [9.17, 15) is 9.59 Å². The smallest absolute Gasteiger partial charge is 0.331 e. The van der Waals surface area contributed by atoms with Crippen LogP contribution in [0.25, 0.3) is 10.9 Å². The fourth-order valence-corrected chi connectivity index (χ4v) is 3.64. The van der Waals surface area contributed by atoms with E-state index in [-0.39, 0.29) is 10.6 Å². The molecule has 0 saturated heterocycles. The van der Waals surface area contributed by atoms with E-state index in [0.717, 1.165) is 4.68 Å². The standard InChI is InChI=1S/C18H27N3O4Si/c1-12(25-26(6,7)18(3,4)5)16-19-15-11-9-8-10-14(15)17(23)21(16)20-24-13(2)22/h8-12,20H,1-7H3/t12-/m0/s1. The summed E-state index contributed by atoms with van der Waals surface area (Å²) >= 11 is 0. The van der Waals surface area contributed by atoms with Gasteiger partial charge in [-0.3, -0.25) is 4.79 Å². The number of fused-ring (bicyclic) bond motifs is 1. The second-order valence-electron chi connectivity index (χ2n) is 7.83. The number of nitrogens with zero attached hydrogens (tertiary/aromatic N) is 2. The van der Waals surface area contributed by atoms with E-state index in [4.69, 9.17) is 9.26 Å². The van der Waals surface area contributed by atoms with Crippen molar-refractivity contribution in [3.63, 3.8) is 0 Å². The largest absolute Gasteiger partial charge is 0.407 e. The minimum absolute atomic E-state index is 0.00649. The third-order valence-electron chi connectivity index (χ3n) is 4.72. The summed E-state index contributed by atoms with van der Waals surface area (Å²) in [5.74, 6) is -0.200. The Morgan fingerprint density at radius 3 is 2.46 bits per heavy atom. The zero-order valence-corrected chi connectivity index (χ0v) is 17.4. The van der Waals surface area contributed by atoms with Crippen molar-refractivity contribution < 1.29 is 14.1 Å². The van der Waals surface area contributed by atoms with E-state index in [2.05, 4.69) is 44.4 Å². The average molecular weight is 378 g/mol. The third-order valence-corrected chi connectivity index (χ3v) is 9.28. The molecule has 0 fully saturated rings. The number of nitrogens with one attached hydrogen (secondary N) is 1. The van der Waals surface area contributed by atoms with Crippen LogP contribution in [0.2, 0.25) is 18.1 Å². The van der Waals surface area contributed by atoms with Crippen LogP contribution >= 0.6 is 0 Å². The van der Waals surface area contributed by atoms with Gasteiger partial charge in [0.2, 0.25) is 0 Å². The number of hydrogen-bond acceptors (Lipinski definition) is 6. The highest BCUT2D eigenvalue weighted by molar-refractivity contribution is 6.74. The fraction of sp³-hybridized carbons (Fsp3) is 0.500. The Hall–Kier alpha value is -2.19. The van der Waals surface area contributed by atoms with Crippen molar-refractivity contribution in [2.24, 2.45) is 0 Å². The highest BCUT2D eigenvalue weighted by Gasteiger charge is 2.39. The number of aromatic nitrogens is 2. The van der Waals surface area contributed by atoms with Gasteiger partial charge in [0.15, 0.2) is 14.1 Å². The second kappa shape index (κ2) is 7.20. The maximum atomic E-state index is 12.9. The van der Waals surface area contributed by atoms with Gasteiger partial charge in [-0.15, -0.1) is 5.59 Å². The molecule has 8 heteroatoms. The van der Waals surface area contributed by atoms with Gasteiger partial charge < -0.3 is 9.26 Å². The predicted molar refractivity (Wildman–Crippen MR) is 104 cm³/mol. The summed E-state index contributed by atoms with van der Waals surface area (Å²) in [5, 5.41) is 0.433. The number of carbonyl (C=O) groups excluding carboxylic acids is 1. The minimum atomic E-state index is -2.09. The molecule has 0 aliphatic heterocycles. The molecule has 1 atom stereocenters. The minimum Gasteiger partial charge on any atom is -0.407 e. The van der Waals surface area contributed by atoms with Crippen molar-refractivity contribution in [1.82, 2.24) is 9.66 Å². The van der Waals surface area contributed by atoms with Crippen LogP contribution in [-0.2, 0) is 14.1 Å². The molecule has 2 rings (SSSR count). The van der Waals surface area contributed by atoms with Crippen molar-refractivity contribution >= 4 is 25.2 Å². The van der Waals surface area contributed by atoms with Gasteiger partial charge >= 0.3 is 5.97 Å². The summed E-state index contributed by atoms with van der Waals surface area (Å²) in [5.41, 5.74) is 2.63. The lowest BCUT2D eigenvalue weighted by molar-refractivity contribution is -0.139. The molecule has 1 aromatic heterocycles. The number of hydrogen-bond donors (Lipinski definition) is 1. The molecule has 2 aromatic rings. The van der Waals surface area contributed by atoms with Gasteiger partial charge in [-0.1, -0.05) is 32.9 Å². The summed E-state index contributed by atoms with van der Waals surface area (Å²) < 4.78 is 7.52. The van der Waals surface area contributed by atoms with E-state index >= 15 is 0 Å². The van der Waals surface area contributed by atoms with E-state index in [0.29, 0.717) is 16.7 Å².